The molecule has 184 valence electrons. The van der Waals surface area contributed by atoms with Crippen LogP contribution in [0.2, 0.25) is 10.0 Å². The van der Waals surface area contributed by atoms with Crippen LogP contribution in [0.5, 0.6) is 5.88 Å². The van der Waals surface area contributed by atoms with E-state index in [0.29, 0.717) is 34.1 Å². The molecule has 1 fully saturated rings. The zero-order valence-corrected chi connectivity index (χ0v) is 21.1. The van der Waals surface area contributed by atoms with E-state index in [1.54, 1.807) is 19.4 Å². The van der Waals surface area contributed by atoms with Gasteiger partial charge in [0.25, 0.3) is 0 Å². The van der Waals surface area contributed by atoms with E-state index in [9.17, 15) is 0 Å². The van der Waals surface area contributed by atoms with Crippen molar-refractivity contribution in [3.8, 4) is 5.88 Å². The highest BCUT2D eigenvalue weighted by molar-refractivity contribution is 6.41. The fraction of sp³-hybridized carbons (Fsp3) is 0.280. The Hall–Kier alpha value is -3.40. The summed E-state index contributed by atoms with van der Waals surface area (Å²) in [5.74, 6) is 3.48. The van der Waals surface area contributed by atoms with Crippen molar-refractivity contribution < 1.29 is 4.74 Å². The number of piperazine rings is 1. The number of aliphatic imine (C=N–C) groups is 1. The highest BCUT2D eigenvalue weighted by Crippen LogP contribution is 2.38. The Morgan fingerprint density at radius 2 is 1.92 bits per heavy atom. The number of nitrogens with zero attached hydrogens (tertiary/aromatic N) is 6. The third-order valence-electron chi connectivity index (χ3n) is 6.38. The van der Waals surface area contributed by atoms with Gasteiger partial charge >= 0.3 is 0 Å². The Morgan fingerprint density at radius 3 is 2.72 bits per heavy atom. The molecule has 5 heterocycles. The zero-order valence-electron chi connectivity index (χ0n) is 19.6. The fourth-order valence-corrected chi connectivity index (χ4v) is 5.15. The Morgan fingerprint density at radius 1 is 1.06 bits per heavy atom. The molecule has 1 saturated heterocycles. The summed E-state index contributed by atoms with van der Waals surface area (Å²) in [6, 6.07) is 9.44. The van der Waals surface area contributed by atoms with Crippen molar-refractivity contribution in [1.29, 1.82) is 0 Å². The van der Waals surface area contributed by atoms with Gasteiger partial charge in [-0.15, -0.1) is 0 Å². The van der Waals surface area contributed by atoms with Crippen LogP contribution < -0.4 is 25.2 Å². The molecular weight excluding hydrogens is 499 g/mol. The molecule has 36 heavy (non-hydrogen) atoms. The number of ether oxygens (including phenoxy) is 1. The van der Waals surface area contributed by atoms with Crippen LogP contribution in [0, 0.1) is 0 Å². The maximum atomic E-state index is 6.52. The monoisotopic (exact) mass is 522 g/mol. The summed E-state index contributed by atoms with van der Waals surface area (Å²) < 4.78 is 5.58. The molecule has 0 spiro atoms. The minimum absolute atomic E-state index is 0.455. The van der Waals surface area contributed by atoms with Gasteiger partial charge in [-0.25, -0.2) is 4.98 Å². The molecule has 0 atom stereocenters. The van der Waals surface area contributed by atoms with E-state index >= 15 is 0 Å². The first kappa shape index (κ1) is 23.0. The minimum atomic E-state index is 0.455. The van der Waals surface area contributed by atoms with E-state index < -0.39 is 0 Å². The maximum Gasteiger partial charge on any atom is 0.239 e. The van der Waals surface area contributed by atoms with Gasteiger partial charge in [0.2, 0.25) is 11.8 Å². The van der Waals surface area contributed by atoms with Crippen LogP contribution in [0.4, 0.5) is 23.3 Å². The molecule has 3 aliphatic rings. The average molecular weight is 523 g/mol. The molecule has 0 unspecified atom stereocenters. The molecule has 0 radical (unpaired) electrons. The van der Waals surface area contributed by atoms with Crippen LogP contribution in [0.3, 0.4) is 0 Å². The molecule has 3 aromatic rings. The lowest BCUT2D eigenvalue weighted by Gasteiger charge is -2.29. The average Bonchev–Trinajstić information content (AvgIpc) is 3.40. The van der Waals surface area contributed by atoms with Gasteiger partial charge in [-0.3, -0.25) is 4.99 Å². The van der Waals surface area contributed by atoms with Crippen LogP contribution >= 0.6 is 23.2 Å². The number of hydrogen-bond donors (Lipinski definition) is 2. The SMILES string of the molecule is COc1nc(N2CCNCC2)ccc1Nc1ncc2c(n1)N1CCN=C1C(c1ccc(Cl)cc1Cl)=C2. The van der Waals surface area contributed by atoms with Crippen molar-refractivity contribution in [2.24, 2.45) is 4.99 Å². The quantitative estimate of drug-likeness (QED) is 0.517. The van der Waals surface area contributed by atoms with Crippen molar-refractivity contribution in [2.75, 3.05) is 61.5 Å². The lowest BCUT2D eigenvalue weighted by molar-refractivity contribution is 0.399. The smallest absolute Gasteiger partial charge is 0.239 e. The number of halogens is 2. The van der Waals surface area contributed by atoms with Crippen molar-refractivity contribution in [2.45, 2.75) is 0 Å². The summed E-state index contributed by atoms with van der Waals surface area (Å²) in [5.41, 5.74) is 3.40. The predicted molar refractivity (Wildman–Crippen MR) is 145 cm³/mol. The summed E-state index contributed by atoms with van der Waals surface area (Å²) in [5, 5.41) is 7.81. The summed E-state index contributed by atoms with van der Waals surface area (Å²) in [6.45, 7) is 5.10. The number of pyridine rings is 1. The topological polar surface area (TPSA) is 90.8 Å². The van der Waals surface area contributed by atoms with Crippen molar-refractivity contribution in [1.82, 2.24) is 20.3 Å². The third-order valence-corrected chi connectivity index (χ3v) is 6.93. The summed E-state index contributed by atoms with van der Waals surface area (Å²) >= 11 is 12.6. The largest absolute Gasteiger partial charge is 0.479 e. The van der Waals surface area contributed by atoms with Gasteiger partial charge in [0, 0.05) is 60.6 Å². The van der Waals surface area contributed by atoms with Crippen LogP contribution in [0.25, 0.3) is 11.6 Å². The molecule has 0 bridgehead atoms. The number of nitrogens with one attached hydrogen (secondary N) is 2. The first-order chi connectivity index (χ1) is 17.6. The second-order valence-corrected chi connectivity index (χ2v) is 9.44. The molecular formula is C25H24Cl2N8O. The normalized spacial score (nSPS) is 16.8. The summed E-state index contributed by atoms with van der Waals surface area (Å²) in [4.78, 5) is 23.2. The minimum Gasteiger partial charge on any atom is -0.479 e. The van der Waals surface area contributed by atoms with Crippen molar-refractivity contribution in [3.63, 3.8) is 0 Å². The molecule has 9 nitrogen and oxygen atoms in total. The van der Waals surface area contributed by atoms with Crippen LogP contribution in [0.15, 0.2) is 41.5 Å². The van der Waals surface area contributed by atoms with E-state index in [0.717, 1.165) is 66.9 Å². The Bertz CT molecular complexity index is 1390. The van der Waals surface area contributed by atoms with Gasteiger partial charge in [0.1, 0.15) is 23.2 Å². The van der Waals surface area contributed by atoms with E-state index in [1.807, 2.05) is 30.3 Å². The predicted octanol–water partition coefficient (Wildman–Crippen LogP) is 4.11. The lowest BCUT2D eigenvalue weighted by Crippen LogP contribution is -2.43. The second-order valence-electron chi connectivity index (χ2n) is 8.60. The first-order valence-corrected chi connectivity index (χ1v) is 12.5. The summed E-state index contributed by atoms with van der Waals surface area (Å²) in [7, 11) is 1.62. The number of benzene rings is 1. The van der Waals surface area contributed by atoms with Crippen LogP contribution in [-0.2, 0) is 0 Å². The van der Waals surface area contributed by atoms with E-state index in [4.69, 9.17) is 42.9 Å². The molecule has 0 amide bonds. The highest BCUT2D eigenvalue weighted by Gasteiger charge is 2.31. The first-order valence-electron chi connectivity index (χ1n) is 11.7. The Labute approximate surface area is 218 Å². The highest BCUT2D eigenvalue weighted by atomic mass is 35.5. The number of amidine groups is 1. The number of hydrogen-bond acceptors (Lipinski definition) is 9. The van der Waals surface area contributed by atoms with Gasteiger partial charge in [0.15, 0.2) is 0 Å². The Kier molecular flexibility index (Phi) is 6.12. The third kappa shape index (κ3) is 4.23. The number of fused-ring (bicyclic) bond motifs is 3. The maximum absolute atomic E-state index is 6.52. The molecule has 2 aromatic heterocycles. The van der Waals surface area contributed by atoms with Gasteiger partial charge in [-0.1, -0.05) is 29.3 Å². The van der Waals surface area contributed by atoms with Crippen LogP contribution in [0.1, 0.15) is 11.1 Å². The fourth-order valence-electron chi connectivity index (χ4n) is 4.64. The van der Waals surface area contributed by atoms with Crippen LogP contribution in [-0.4, -0.2) is 67.2 Å². The molecule has 2 N–H and O–H groups in total. The van der Waals surface area contributed by atoms with E-state index in [1.165, 1.54) is 0 Å². The van der Waals surface area contributed by atoms with Crippen molar-refractivity contribution >= 4 is 64.0 Å². The van der Waals surface area contributed by atoms with E-state index in [2.05, 4.69) is 25.4 Å². The Balaban J connectivity index is 1.31. The standard InChI is InChI=1S/C25H24Cl2N8O/c1-36-24-20(4-5-21(32-24)34-9-6-28-7-10-34)31-25-30-14-15-12-18(17-3-2-16(26)13-19(17)27)23-29-8-11-35(23)22(15)33-25/h2-5,12-14,28H,6-11H2,1H3,(H,30,31,33). The summed E-state index contributed by atoms with van der Waals surface area (Å²) in [6.07, 6.45) is 3.83. The molecule has 11 heteroatoms. The molecule has 0 saturated carbocycles. The van der Waals surface area contributed by atoms with Crippen molar-refractivity contribution in [3.05, 3.63) is 57.7 Å². The molecule has 6 rings (SSSR count). The van der Waals surface area contributed by atoms with Gasteiger partial charge in [-0.05, 0) is 30.3 Å². The second kappa shape index (κ2) is 9.57. The van der Waals surface area contributed by atoms with Gasteiger partial charge < -0.3 is 25.2 Å². The number of aromatic nitrogens is 3. The van der Waals surface area contributed by atoms with E-state index in [-0.39, 0.29) is 0 Å². The zero-order chi connectivity index (χ0) is 24.6. The van der Waals surface area contributed by atoms with Gasteiger partial charge in [0.05, 0.1) is 18.7 Å². The number of rotatable bonds is 5. The lowest BCUT2D eigenvalue weighted by atomic mass is 9.98. The van der Waals surface area contributed by atoms with Gasteiger partial charge in [-0.2, -0.15) is 9.97 Å². The molecule has 1 aromatic carbocycles. The number of anilines is 4. The molecule has 0 aliphatic carbocycles. The molecule has 3 aliphatic heterocycles. The number of methoxy groups -OCH3 is 1.